The number of para-hydroxylation sites is 1. The van der Waals surface area contributed by atoms with E-state index in [-0.39, 0.29) is 10.8 Å². The second-order valence-electron chi connectivity index (χ2n) is 24.7. The van der Waals surface area contributed by atoms with Gasteiger partial charge in [-0.15, -0.1) is 0 Å². The second-order valence-corrected chi connectivity index (χ2v) is 24.7. The Kier molecular flexibility index (Phi) is 12.7. The molecule has 370 valence electrons. The summed E-state index contributed by atoms with van der Waals surface area (Å²) in [7, 11) is 0. The van der Waals surface area contributed by atoms with Gasteiger partial charge in [0.25, 0.3) is 0 Å². The Morgan fingerprint density at radius 1 is 0.397 bits per heavy atom. The Morgan fingerprint density at radius 3 is 1.78 bits per heavy atom. The first-order chi connectivity index (χ1) is 35.4. The van der Waals surface area contributed by atoms with E-state index in [4.69, 9.17) is 0 Å². The third-order valence-corrected chi connectivity index (χ3v) is 18.1. The summed E-state index contributed by atoms with van der Waals surface area (Å²) in [6.07, 6.45) is 16.9. The molecule has 3 aliphatic rings. The normalized spacial score (nSPS) is 20.8. The molecular formula is C71H76N2. The Hall–Kier alpha value is -6.38. The molecule has 4 unspecified atom stereocenters. The van der Waals surface area contributed by atoms with E-state index < -0.39 is 0 Å². The van der Waals surface area contributed by atoms with Crippen LogP contribution in [0.5, 0.6) is 0 Å². The molecule has 0 amide bonds. The summed E-state index contributed by atoms with van der Waals surface area (Å²) < 4.78 is 2.54. The molecule has 73 heavy (non-hydrogen) atoms. The molecule has 2 nitrogen and oxygen atoms in total. The first-order valence-electron chi connectivity index (χ1n) is 28.2. The summed E-state index contributed by atoms with van der Waals surface area (Å²) in [5.74, 6) is 3.77. The molecule has 0 radical (unpaired) electrons. The summed E-state index contributed by atoms with van der Waals surface area (Å²) in [4.78, 5) is 2.77. The molecule has 0 bridgehead atoms. The van der Waals surface area contributed by atoms with E-state index in [0.29, 0.717) is 6.04 Å². The molecule has 5 atom stereocenters. The van der Waals surface area contributed by atoms with Crippen LogP contribution in [0.2, 0.25) is 0 Å². The van der Waals surface area contributed by atoms with Crippen molar-refractivity contribution >= 4 is 44.0 Å². The number of anilines is 2. The van der Waals surface area contributed by atoms with Gasteiger partial charge >= 0.3 is 0 Å². The first kappa shape index (κ1) is 47.6. The van der Waals surface area contributed by atoms with Gasteiger partial charge in [-0.25, -0.2) is 0 Å². The molecule has 3 aliphatic carbocycles. The summed E-state index contributed by atoms with van der Waals surface area (Å²) in [5, 5.41) is 5.22. The van der Waals surface area contributed by atoms with Crippen LogP contribution in [0.1, 0.15) is 130 Å². The highest BCUT2D eigenvalue weighted by molar-refractivity contribution is 6.16. The van der Waals surface area contributed by atoms with Gasteiger partial charge in [0.2, 0.25) is 0 Å². The molecule has 2 heteroatoms. The number of fused-ring (bicyclic) bond motifs is 5. The van der Waals surface area contributed by atoms with E-state index in [1.54, 1.807) is 0 Å². The molecule has 1 heterocycles. The van der Waals surface area contributed by atoms with Crippen molar-refractivity contribution in [2.45, 2.75) is 135 Å². The zero-order valence-corrected chi connectivity index (χ0v) is 44.5. The van der Waals surface area contributed by atoms with Gasteiger partial charge in [0.05, 0.1) is 11.0 Å². The summed E-state index contributed by atoms with van der Waals surface area (Å²) in [6, 6.07) is 67.6. The van der Waals surface area contributed by atoms with Crippen LogP contribution < -0.4 is 4.90 Å². The van der Waals surface area contributed by atoms with Gasteiger partial charge in [-0.2, -0.15) is 0 Å². The molecular weight excluding hydrogens is 881 g/mol. The zero-order valence-electron chi connectivity index (χ0n) is 44.5. The molecule has 0 aliphatic heterocycles. The van der Waals surface area contributed by atoms with Crippen LogP contribution in [0.15, 0.2) is 176 Å². The number of aromatic nitrogens is 1. The topological polar surface area (TPSA) is 8.17 Å². The number of hydrogen-bond donors (Lipinski definition) is 0. The van der Waals surface area contributed by atoms with Gasteiger partial charge in [-0.3, -0.25) is 0 Å². The first-order valence-corrected chi connectivity index (χ1v) is 28.2. The fourth-order valence-corrected chi connectivity index (χ4v) is 14.0. The fourth-order valence-electron chi connectivity index (χ4n) is 14.0. The third kappa shape index (κ3) is 9.34. The highest BCUT2D eigenvalue weighted by Crippen LogP contribution is 2.49. The van der Waals surface area contributed by atoms with Crippen LogP contribution in [-0.4, -0.2) is 10.6 Å². The van der Waals surface area contributed by atoms with Gasteiger partial charge < -0.3 is 9.47 Å². The molecule has 8 aromatic carbocycles. The Balaban J connectivity index is 0.947. The van der Waals surface area contributed by atoms with Gasteiger partial charge in [0.1, 0.15) is 0 Å². The Labute approximate surface area is 436 Å². The molecule has 0 N–H and O–H groups in total. The van der Waals surface area contributed by atoms with Crippen LogP contribution in [0.25, 0.3) is 71.6 Å². The van der Waals surface area contributed by atoms with Crippen molar-refractivity contribution in [1.29, 1.82) is 0 Å². The third-order valence-electron chi connectivity index (χ3n) is 18.1. The van der Waals surface area contributed by atoms with Crippen molar-refractivity contribution in [3.8, 4) is 39.1 Å². The smallest absolute Gasteiger partial charge is 0.0550 e. The summed E-state index contributed by atoms with van der Waals surface area (Å²) >= 11 is 0. The highest BCUT2D eigenvalue weighted by atomic mass is 15.2. The van der Waals surface area contributed by atoms with Crippen molar-refractivity contribution in [3.63, 3.8) is 0 Å². The lowest BCUT2D eigenvalue weighted by molar-refractivity contribution is 0.0937. The standard InChI is InChI=1S/C71H76N2/c1-70(2,3)57-38-42-65-67(46-57)73(59-23-8-7-9-24-59)68-47-58(71(4,5)6)45-66(69(65)68)56-22-15-26-62(44-56)72(60-25-14-20-49(35-39-60)55-34-31-48-17-10-11-19-54(48)43-55)61-40-36-51(37-41-61)50-29-32-53(33-30-50)64-28-16-21-52-18-12-13-27-63(52)64/h7-9,12-13,15-16,18,21-24,26-30,32-33,36-38,40-42,44-49,54-55,60H,10-11,14,17,19-20,25,31,34-35,39,43H2,1-6H3/t48?,49?,54?,55-,60?/m1/s1. The maximum atomic E-state index is 2.77. The van der Waals surface area contributed by atoms with E-state index in [2.05, 4.69) is 227 Å². The van der Waals surface area contributed by atoms with Crippen molar-refractivity contribution < 1.29 is 0 Å². The fraction of sp³-hybridized carbons (Fsp3) is 0.352. The minimum Gasteiger partial charge on any atom is -0.338 e. The van der Waals surface area contributed by atoms with E-state index in [1.165, 1.54) is 171 Å². The predicted octanol–water partition coefficient (Wildman–Crippen LogP) is 20.2. The van der Waals surface area contributed by atoms with Crippen LogP contribution in [0.3, 0.4) is 0 Å². The van der Waals surface area contributed by atoms with Gasteiger partial charge in [0, 0.05) is 33.9 Å². The van der Waals surface area contributed by atoms with E-state index in [1.807, 2.05) is 0 Å². The SMILES string of the molecule is CC(C)(C)c1ccc2c3c(-c4cccc(N(c5ccc(-c6ccc(-c7cccc8ccccc78)cc6)cc5)C5CCCC([C@@H]6CCC7CCCCC7C6)CC5)c4)cc(C(C)(C)C)cc3n(-c3ccccc3)c2c1. The minimum absolute atomic E-state index is 0.0249. The van der Waals surface area contributed by atoms with Crippen LogP contribution in [0, 0.1) is 23.7 Å². The van der Waals surface area contributed by atoms with Gasteiger partial charge in [-0.05, 0) is 183 Å². The second kappa shape index (κ2) is 19.5. The quantitative estimate of drug-likeness (QED) is 0.138. The van der Waals surface area contributed by atoms with Crippen molar-refractivity contribution in [1.82, 2.24) is 4.57 Å². The maximum absolute atomic E-state index is 2.77. The number of benzene rings is 8. The predicted molar refractivity (Wildman–Crippen MR) is 314 cm³/mol. The van der Waals surface area contributed by atoms with E-state index in [0.717, 1.165) is 23.7 Å². The molecule has 3 saturated carbocycles. The van der Waals surface area contributed by atoms with Gasteiger partial charge in [0.15, 0.2) is 0 Å². The zero-order chi connectivity index (χ0) is 49.8. The largest absolute Gasteiger partial charge is 0.338 e. The average molecular weight is 957 g/mol. The molecule has 1 aromatic heterocycles. The molecule has 3 fully saturated rings. The number of rotatable bonds is 8. The molecule has 0 saturated heterocycles. The lowest BCUT2D eigenvalue weighted by Crippen LogP contribution is -2.32. The highest BCUT2D eigenvalue weighted by Gasteiger charge is 2.37. The minimum atomic E-state index is -0.0494. The van der Waals surface area contributed by atoms with Crippen LogP contribution in [0.4, 0.5) is 11.4 Å². The van der Waals surface area contributed by atoms with Crippen LogP contribution >= 0.6 is 0 Å². The van der Waals surface area contributed by atoms with Crippen LogP contribution in [-0.2, 0) is 10.8 Å². The monoisotopic (exact) mass is 957 g/mol. The summed E-state index contributed by atoms with van der Waals surface area (Å²) in [6.45, 7) is 14.1. The van der Waals surface area contributed by atoms with Crippen molar-refractivity contribution in [2.75, 3.05) is 4.90 Å². The maximum Gasteiger partial charge on any atom is 0.0550 e. The number of nitrogens with zero attached hydrogens (tertiary/aromatic N) is 2. The van der Waals surface area contributed by atoms with E-state index >= 15 is 0 Å². The van der Waals surface area contributed by atoms with E-state index in [9.17, 15) is 0 Å². The van der Waals surface area contributed by atoms with Crippen molar-refractivity contribution in [2.24, 2.45) is 23.7 Å². The average Bonchev–Trinajstić information content (AvgIpc) is 3.55. The van der Waals surface area contributed by atoms with Gasteiger partial charge in [-0.1, -0.05) is 201 Å². The summed E-state index contributed by atoms with van der Waals surface area (Å²) in [5.41, 5.74) is 16.7. The molecule has 9 aromatic rings. The molecule has 0 spiro atoms. The Morgan fingerprint density at radius 2 is 1.01 bits per heavy atom. The lowest BCUT2D eigenvalue weighted by atomic mass is 9.64. The Bertz CT molecular complexity index is 3390. The number of hydrogen-bond acceptors (Lipinski definition) is 1. The lowest BCUT2D eigenvalue weighted by Gasteiger charge is -2.42. The van der Waals surface area contributed by atoms with Crippen molar-refractivity contribution in [3.05, 3.63) is 187 Å². The molecule has 12 rings (SSSR count).